The van der Waals surface area contributed by atoms with E-state index in [4.69, 9.17) is 0 Å². The molecular formula is C15H20N2OS. The lowest BCUT2D eigenvalue weighted by atomic mass is 9.97. The first-order valence-electron chi connectivity index (χ1n) is 6.82. The summed E-state index contributed by atoms with van der Waals surface area (Å²) in [5.74, 6) is 1.24. The molecule has 0 radical (unpaired) electrons. The first-order valence-corrected chi connectivity index (χ1v) is 7.81. The number of amides is 1. The minimum absolute atomic E-state index is 0.0270. The van der Waals surface area contributed by atoms with E-state index in [-0.39, 0.29) is 11.5 Å². The number of hydrogen-bond acceptors (Lipinski definition) is 3. The van der Waals surface area contributed by atoms with Gasteiger partial charge in [-0.3, -0.25) is 4.79 Å². The van der Waals surface area contributed by atoms with E-state index in [1.807, 2.05) is 17.0 Å². The Labute approximate surface area is 118 Å². The molecule has 1 saturated heterocycles. The van der Waals surface area contributed by atoms with Gasteiger partial charge in [0, 0.05) is 35.8 Å². The summed E-state index contributed by atoms with van der Waals surface area (Å²) >= 11 is 1.81. The predicted molar refractivity (Wildman–Crippen MR) is 78.6 cm³/mol. The number of carbonyl (C=O) groups excluding carboxylic acids is 1. The Morgan fingerprint density at radius 1 is 1.42 bits per heavy atom. The van der Waals surface area contributed by atoms with E-state index in [1.165, 1.54) is 10.5 Å². The maximum absolute atomic E-state index is 12.7. The van der Waals surface area contributed by atoms with Crippen molar-refractivity contribution in [3.05, 3.63) is 29.8 Å². The number of benzene rings is 1. The smallest absolute Gasteiger partial charge is 0.231 e. The highest BCUT2D eigenvalue weighted by atomic mass is 32.2. The van der Waals surface area contributed by atoms with Gasteiger partial charge >= 0.3 is 0 Å². The van der Waals surface area contributed by atoms with Crippen LogP contribution in [0.1, 0.15) is 25.3 Å². The fourth-order valence-corrected chi connectivity index (χ4v) is 4.14. The van der Waals surface area contributed by atoms with Gasteiger partial charge in [-0.25, -0.2) is 0 Å². The molecule has 1 N–H and O–H groups in total. The van der Waals surface area contributed by atoms with E-state index >= 15 is 0 Å². The van der Waals surface area contributed by atoms with Crippen LogP contribution >= 0.6 is 11.8 Å². The van der Waals surface area contributed by atoms with Crippen LogP contribution < -0.4 is 5.32 Å². The Hall–Kier alpha value is -1.00. The third kappa shape index (κ3) is 2.51. The second-order valence-corrected chi connectivity index (χ2v) is 7.03. The second-order valence-electron chi connectivity index (χ2n) is 5.97. The average Bonchev–Trinajstić information content (AvgIpc) is 2.80. The maximum atomic E-state index is 12.7. The van der Waals surface area contributed by atoms with Crippen molar-refractivity contribution in [3.8, 4) is 0 Å². The molecule has 19 heavy (non-hydrogen) atoms. The summed E-state index contributed by atoms with van der Waals surface area (Å²) in [6.07, 6.45) is 0. The minimum atomic E-state index is 0.0270. The van der Waals surface area contributed by atoms with Gasteiger partial charge in [0.25, 0.3) is 0 Å². The molecule has 0 spiro atoms. The van der Waals surface area contributed by atoms with E-state index in [0.29, 0.717) is 5.91 Å². The molecule has 0 aliphatic carbocycles. The van der Waals surface area contributed by atoms with Crippen LogP contribution in [0.15, 0.2) is 29.2 Å². The van der Waals surface area contributed by atoms with Gasteiger partial charge in [0.1, 0.15) is 0 Å². The highest BCUT2D eigenvalue weighted by Gasteiger charge is 2.35. The monoisotopic (exact) mass is 276 g/mol. The lowest BCUT2D eigenvalue weighted by Gasteiger charge is -2.40. The Morgan fingerprint density at radius 3 is 3.00 bits per heavy atom. The summed E-state index contributed by atoms with van der Waals surface area (Å²) in [5.41, 5.74) is 1.24. The fourth-order valence-electron chi connectivity index (χ4n) is 2.92. The first-order chi connectivity index (χ1) is 9.07. The molecule has 1 aromatic rings. The van der Waals surface area contributed by atoms with Crippen molar-refractivity contribution in [1.29, 1.82) is 0 Å². The van der Waals surface area contributed by atoms with Crippen molar-refractivity contribution in [2.75, 3.05) is 25.4 Å². The standard InChI is InChI=1S/C15H20N2OS/c1-15(2)10-17(8-7-16-15)14(18)12-9-19-13-6-4-3-5-11(12)13/h3-6,12,16H,7-10H2,1-2H3. The molecule has 1 fully saturated rings. The van der Waals surface area contributed by atoms with Crippen LogP contribution in [-0.2, 0) is 4.79 Å². The summed E-state index contributed by atoms with van der Waals surface area (Å²) < 4.78 is 0. The van der Waals surface area contributed by atoms with E-state index in [9.17, 15) is 4.79 Å². The second kappa shape index (κ2) is 4.84. The third-order valence-corrected chi connectivity index (χ3v) is 5.06. The molecule has 4 heteroatoms. The van der Waals surface area contributed by atoms with Gasteiger partial charge in [-0.15, -0.1) is 11.8 Å². The molecule has 1 aromatic carbocycles. The van der Waals surface area contributed by atoms with E-state index in [2.05, 4.69) is 31.3 Å². The molecule has 1 unspecified atom stereocenters. The Kier molecular flexibility index (Phi) is 3.31. The van der Waals surface area contributed by atoms with Gasteiger partial charge < -0.3 is 10.2 Å². The SMILES string of the molecule is CC1(C)CN(C(=O)C2CSc3ccccc32)CCN1. The Morgan fingerprint density at radius 2 is 2.21 bits per heavy atom. The third-order valence-electron chi connectivity index (χ3n) is 3.88. The molecule has 2 heterocycles. The lowest BCUT2D eigenvalue weighted by Crippen LogP contribution is -2.59. The van der Waals surface area contributed by atoms with Crippen molar-refractivity contribution < 1.29 is 4.79 Å². The summed E-state index contributed by atoms with van der Waals surface area (Å²) in [6, 6.07) is 8.31. The number of thioether (sulfide) groups is 1. The summed E-state index contributed by atoms with van der Waals surface area (Å²) in [4.78, 5) is 16.0. The zero-order chi connectivity index (χ0) is 13.5. The van der Waals surface area contributed by atoms with Gasteiger partial charge in [-0.05, 0) is 25.5 Å². The van der Waals surface area contributed by atoms with Crippen LogP contribution in [0, 0.1) is 0 Å². The normalized spacial score (nSPS) is 25.2. The first kappa shape index (κ1) is 13.0. The average molecular weight is 276 g/mol. The zero-order valence-electron chi connectivity index (χ0n) is 11.5. The summed E-state index contributed by atoms with van der Waals surface area (Å²) in [5, 5.41) is 3.45. The molecular weight excluding hydrogens is 256 g/mol. The van der Waals surface area contributed by atoms with E-state index in [0.717, 1.165) is 25.4 Å². The fraction of sp³-hybridized carbons (Fsp3) is 0.533. The molecule has 2 aliphatic heterocycles. The summed E-state index contributed by atoms with van der Waals surface area (Å²) in [6.45, 7) is 6.83. The van der Waals surface area contributed by atoms with Crippen LogP contribution in [0.2, 0.25) is 0 Å². The van der Waals surface area contributed by atoms with Gasteiger partial charge in [0.05, 0.1) is 5.92 Å². The number of piperazine rings is 1. The number of carbonyl (C=O) groups is 1. The summed E-state index contributed by atoms with van der Waals surface area (Å²) in [7, 11) is 0. The zero-order valence-corrected chi connectivity index (χ0v) is 12.3. The number of nitrogens with one attached hydrogen (secondary N) is 1. The topological polar surface area (TPSA) is 32.3 Å². The van der Waals surface area contributed by atoms with Crippen LogP contribution in [0.3, 0.4) is 0 Å². The van der Waals surface area contributed by atoms with Crippen LogP contribution in [-0.4, -0.2) is 41.7 Å². The maximum Gasteiger partial charge on any atom is 0.231 e. The van der Waals surface area contributed by atoms with E-state index < -0.39 is 0 Å². The highest BCUT2D eigenvalue weighted by molar-refractivity contribution is 7.99. The predicted octanol–water partition coefficient (Wildman–Crippen LogP) is 2.09. The number of fused-ring (bicyclic) bond motifs is 1. The molecule has 3 nitrogen and oxygen atoms in total. The Bertz CT molecular complexity index is 501. The highest BCUT2D eigenvalue weighted by Crippen LogP contribution is 2.40. The minimum Gasteiger partial charge on any atom is -0.339 e. The van der Waals surface area contributed by atoms with Crippen molar-refractivity contribution >= 4 is 17.7 Å². The number of nitrogens with zero attached hydrogens (tertiary/aromatic N) is 1. The van der Waals surface area contributed by atoms with Gasteiger partial charge in [0.15, 0.2) is 0 Å². The molecule has 2 aliphatic rings. The van der Waals surface area contributed by atoms with Gasteiger partial charge in [0.2, 0.25) is 5.91 Å². The van der Waals surface area contributed by atoms with Crippen molar-refractivity contribution in [2.24, 2.45) is 0 Å². The van der Waals surface area contributed by atoms with Crippen molar-refractivity contribution in [3.63, 3.8) is 0 Å². The molecule has 1 amide bonds. The Balaban J connectivity index is 1.78. The van der Waals surface area contributed by atoms with Crippen LogP contribution in [0.25, 0.3) is 0 Å². The molecule has 3 rings (SSSR count). The molecule has 0 saturated carbocycles. The van der Waals surface area contributed by atoms with Crippen LogP contribution in [0.5, 0.6) is 0 Å². The molecule has 0 bridgehead atoms. The van der Waals surface area contributed by atoms with Crippen LogP contribution in [0.4, 0.5) is 0 Å². The number of rotatable bonds is 1. The van der Waals surface area contributed by atoms with Gasteiger partial charge in [-0.2, -0.15) is 0 Å². The molecule has 0 aromatic heterocycles. The molecule has 1 atom stereocenters. The van der Waals surface area contributed by atoms with Crippen molar-refractivity contribution in [1.82, 2.24) is 10.2 Å². The molecule has 102 valence electrons. The quantitative estimate of drug-likeness (QED) is 0.852. The van der Waals surface area contributed by atoms with Crippen molar-refractivity contribution in [2.45, 2.75) is 30.2 Å². The van der Waals surface area contributed by atoms with E-state index in [1.54, 1.807) is 11.8 Å². The number of hydrogen-bond donors (Lipinski definition) is 1. The lowest BCUT2D eigenvalue weighted by molar-refractivity contribution is -0.134. The van der Waals surface area contributed by atoms with Gasteiger partial charge in [-0.1, -0.05) is 18.2 Å². The largest absolute Gasteiger partial charge is 0.339 e.